The molecule has 0 bridgehead atoms. The van der Waals surface area contributed by atoms with Gasteiger partial charge in [0.25, 0.3) is 0 Å². The third-order valence-corrected chi connectivity index (χ3v) is 3.69. The van der Waals surface area contributed by atoms with Crippen LogP contribution in [0.3, 0.4) is 0 Å². The third-order valence-electron chi connectivity index (χ3n) is 3.69. The Balaban J connectivity index is 1.93. The molecule has 20 heavy (non-hydrogen) atoms. The summed E-state index contributed by atoms with van der Waals surface area (Å²) >= 11 is 0. The lowest BCUT2D eigenvalue weighted by Crippen LogP contribution is -2.25. The zero-order chi connectivity index (χ0) is 14.6. The fourth-order valence-electron chi connectivity index (χ4n) is 2.44. The molecule has 4 heteroatoms. The average Bonchev–Trinajstić information content (AvgIpc) is 2.90. The van der Waals surface area contributed by atoms with E-state index >= 15 is 0 Å². The van der Waals surface area contributed by atoms with Crippen LogP contribution in [-0.2, 0) is 9.47 Å². The zero-order valence-electron chi connectivity index (χ0n) is 13.1. The van der Waals surface area contributed by atoms with Gasteiger partial charge in [0, 0.05) is 13.0 Å². The lowest BCUT2D eigenvalue weighted by molar-refractivity contribution is -0.00420. The Hall–Kier alpha value is -0.770. The van der Waals surface area contributed by atoms with Gasteiger partial charge in [-0.15, -0.1) is 0 Å². The maximum Gasteiger partial charge on any atom is 0.510 e. The Morgan fingerprint density at radius 3 is 2.55 bits per heavy atom. The summed E-state index contributed by atoms with van der Waals surface area (Å²) < 4.78 is 10.4. The normalized spacial score (nSPS) is 19.8. The van der Waals surface area contributed by atoms with Crippen LogP contribution in [0.4, 0.5) is 4.79 Å². The Bertz CT molecular complexity index is 252. The summed E-state index contributed by atoms with van der Waals surface area (Å²) in [6.07, 6.45) is 10.8. The lowest BCUT2D eigenvalue weighted by Gasteiger charge is -2.15. The largest absolute Gasteiger partial charge is 0.510 e. The topological polar surface area (TPSA) is 49.6 Å². The molecule has 0 aliphatic carbocycles. The monoisotopic (exact) mass is 284 g/mol. The van der Waals surface area contributed by atoms with Crippen molar-refractivity contribution in [2.24, 2.45) is 0 Å². The molecule has 0 aromatic heterocycles. The third kappa shape index (κ3) is 8.41. The highest BCUT2D eigenvalue weighted by molar-refractivity contribution is 5.60. The molecule has 117 valence electrons. The first kappa shape index (κ1) is 17.3. The standard InChI is InChI=1S/C16H30NO3/c1-3-4-5-6-7-8-9-11-14(2)19-16(18)20-15-12-10-13-17-15/h14-15H,3-13H2,1-2H3. The Morgan fingerprint density at radius 1 is 1.20 bits per heavy atom. The van der Waals surface area contributed by atoms with Crippen molar-refractivity contribution in [2.45, 2.75) is 90.4 Å². The zero-order valence-corrected chi connectivity index (χ0v) is 13.1. The first-order valence-electron chi connectivity index (χ1n) is 8.26. The number of hydrogen-bond acceptors (Lipinski definition) is 3. The molecule has 1 heterocycles. The summed E-state index contributed by atoms with van der Waals surface area (Å²) in [5, 5.41) is 4.17. The Kier molecular flexibility index (Phi) is 9.46. The smallest absolute Gasteiger partial charge is 0.431 e. The molecule has 4 nitrogen and oxygen atoms in total. The van der Waals surface area contributed by atoms with E-state index in [9.17, 15) is 4.79 Å². The van der Waals surface area contributed by atoms with Gasteiger partial charge in [0.1, 0.15) is 6.10 Å². The minimum Gasteiger partial charge on any atom is -0.431 e. The summed E-state index contributed by atoms with van der Waals surface area (Å²) in [5.74, 6) is 0. The van der Waals surface area contributed by atoms with Crippen LogP contribution in [0.1, 0.15) is 78.1 Å². The van der Waals surface area contributed by atoms with Crippen LogP contribution in [0.25, 0.3) is 0 Å². The fourth-order valence-corrected chi connectivity index (χ4v) is 2.44. The summed E-state index contributed by atoms with van der Waals surface area (Å²) in [5.41, 5.74) is 0. The van der Waals surface area contributed by atoms with Crippen molar-refractivity contribution >= 4 is 6.16 Å². The molecule has 0 saturated carbocycles. The highest BCUT2D eigenvalue weighted by Gasteiger charge is 2.21. The lowest BCUT2D eigenvalue weighted by atomic mass is 10.1. The molecule has 2 atom stereocenters. The maximum absolute atomic E-state index is 11.5. The van der Waals surface area contributed by atoms with Crippen LogP contribution >= 0.6 is 0 Å². The molecule has 0 N–H and O–H groups in total. The molecule has 1 aliphatic heterocycles. The van der Waals surface area contributed by atoms with Gasteiger partial charge in [-0.1, -0.05) is 45.4 Å². The number of nitrogens with zero attached hydrogens (tertiary/aromatic N) is 1. The average molecular weight is 284 g/mol. The van der Waals surface area contributed by atoms with Crippen molar-refractivity contribution in [2.75, 3.05) is 6.54 Å². The van der Waals surface area contributed by atoms with Crippen LogP contribution < -0.4 is 5.32 Å². The van der Waals surface area contributed by atoms with E-state index in [-0.39, 0.29) is 12.3 Å². The molecule has 1 rings (SSSR count). The highest BCUT2D eigenvalue weighted by Crippen LogP contribution is 2.13. The van der Waals surface area contributed by atoms with Gasteiger partial charge < -0.3 is 9.47 Å². The van der Waals surface area contributed by atoms with Crippen molar-refractivity contribution in [3.63, 3.8) is 0 Å². The first-order valence-corrected chi connectivity index (χ1v) is 8.26. The van der Waals surface area contributed by atoms with Crippen molar-refractivity contribution < 1.29 is 14.3 Å². The molecule has 0 aromatic carbocycles. The van der Waals surface area contributed by atoms with Gasteiger partial charge in [0.2, 0.25) is 0 Å². The van der Waals surface area contributed by atoms with Gasteiger partial charge >= 0.3 is 6.16 Å². The van der Waals surface area contributed by atoms with Crippen molar-refractivity contribution in [1.82, 2.24) is 5.32 Å². The van der Waals surface area contributed by atoms with Gasteiger partial charge in [-0.05, 0) is 26.2 Å². The summed E-state index contributed by atoms with van der Waals surface area (Å²) in [6, 6.07) is 0. The number of unbranched alkanes of at least 4 members (excludes halogenated alkanes) is 6. The van der Waals surface area contributed by atoms with E-state index in [1.165, 1.54) is 38.5 Å². The van der Waals surface area contributed by atoms with E-state index in [0.717, 1.165) is 32.2 Å². The van der Waals surface area contributed by atoms with E-state index in [0.29, 0.717) is 0 Å². The number of ether oxygens (including phenoxy) is 2. The number of carbonyl (C=O) groups excluding carboxylic acids is 1. The molecule has 0 amide bonds. The Morgan fingerprint density at radius 2 is 1.90 bits per heavy atom. The second kappa shape index (κ2) is 11.0. The highest BCUT2D eigenvalue weighted by atomic mass is 16.7. The number of rotatable bonds is 10. The maximum atomic E-state index is 11.5. The first-order chi connectivity index (χ1) is 9.72. The molecular weight excluding hydrogens is 254 g/mol. The van der Waals surface area contributed by atoms with Gasteiger partial charge in [0.05, 0.1) is 0 Å². The molecule has 0 spiro atoms. The minimum atomic E-state index is -0.559. The molecule has 0 aromatic rings. The van der Waals surface area contributed by atoms with Crippen LogP contribution in [-0.4, -0.2) is 25.0 Å². The van der Waals surface area contributed by atoms with Crippen molar-refractivity contribution in [1.29, 1.82) is 0 Å². The molecule has 1 fully saturated rings. The van der Waals surface area contributed by atoms with Gasteiger partial charge in [-0.3, -0.25) is 0 Å². The second-order valence-corrected chi connectivity index (χ2v) is 5.71. The Labute approximate surface area is 123 Å². The summed E-state index contributed by atoms with van der Waals surface area (Å²) in [4.78, 5) is 11.5. The second-order valence-electron chi connectivity index (χ2n) is 5.71. The number of carbonyl (C=O) groups is 1. The van der Waals surface area contributed by atoms with Crippen LogP contribution in [0, 0.1) is 0 Å². The van der Waals surface area contributed by atoms with E-state index in [1.807, 2.05) is 6.92 Å². The summed E-state index contributed by atoms with van der Waals surface area (Å²) in [7, 11) is 0. The minimum absolute atomic E-state index is 0.0560. The van der Waals surface area contributed by atoms with E-state index < -0.39 is 6.16 Å². The van der Waals surface area contributed by atoms with Crippen LogP contribution in [0.2, 0.25) is 0 Å². The van der Waals surface area contributed by atoms with Gasteiger partial charge in [-0.25, -0.2) is 10.1 Å². The fraction of sp³-hybridized carbons (Fsp3) is 0.938. The van der Waals surface area contributed by atoms with E-state index in [1.54, 1.807) is 0 Å². The molecule has 1 aliphatic rings. The van der Waals surface area contributed by atoms with Crippen molar-refractivity contribution in [3.8, 4) is 0 Å². The van der Waals surface area contributed by atoms with E-state index in [2.05, 4.69) is 12.2 Å². The summed E-state index contributed by atoms with van der Waals surface area (Å²) in [6.45, 7) is 4.96. The van der Waals surface area contributed by atoms with Gasteiger partial charge in [0.15, 0.2) is 6.23 Å². The predicted octanol–water partition coefficient (Wildman–Crippen LogP) is 4.39. The van der Waals surface area contributed by atoms with Gasteiger partial charge in [-0.2, -0.15) is 0 Å². The predicted molar refractivity (Wildman–Crippen MR) is 79.7 cm³/mol. The molecule has 2 unspecified atom stereocenters. The van der Waals surface area contributed by atoms with E-state index in [4.69, 9.17) is 9.47 Å². The van der Waals surface area contributed by atoms with Crippen LogP contribution in [0.5, 0.6) is 0 Å². The van der Waals surface area contributed by atoms with Crippen LogP contribution in [0.15, 0.2) is 0 Å². The molecular formula is C16H30NO3. The quantitative estimate of drug-likeness (QED) is 0.441. The molecule has 1 saturated heterocycles. The van der Waals surface area contributed by atoms with Crippen molar-refractivity contribution in [3.05, 3.63) is 0 Å². The SMILES string of the molecule is CCCCCCCCCC(C)OC(=O)OC1CCC[N]1. The number of hydrogen-bond donors (Lipinski definition) is 0. The molecule has 1 radical (unpaired) electrons.